The van der Waals surface area contributed by atoms with Crippen molar-refractivity contribution in [3.05, 3.63) is 71.8 Å². The van der Waals surface area contributed by atoms with E-state index in [1.807, 2.05) is 49.5 Å². The molecular formula is C19H21NO2. The first kappa shape index (κ1) is 15.8. The number of rotatable bonds is 7. The Balaban J connectivity index is 2.20. The number of phenols is 1. The van der Waals surface area contributed by atoms with E-state index < -0.39 is 0 Å². The van der Waals surface area contributed by atoms with Gasteiger partial charge in [0.05, 0.1) is 13.2 Å². The highest BCUT2D eigenvalue weighted by molar-refractivity contribution is 5.81. The normalized spacial score (nSPS) is 10.8. The lowest BCUT2D eigenvalue weighted by atomic mass is 10.1. The first-order valence-electron chi connectivity index (χ1n) is 7.38. The lowest BCUT2D eigenvalue weighted by Gasteiger charge is -2.10. The van der Waals surface area contributed by atoms with E-state index in [0.29, 0.717) is 25.3 Å². The van der Waals surface area contributed by atoms with Gasteiger partial charge in [0.15, 0.2) is 11.5 Å². The van der Waals surface area contributed by atoms with E-state index in [1.54, 1.807) is 12.1 Å². The zero-order valence-electron chi connectivity index (χ0n) is 12.8. The average Bonchev–Trinajstić information content (AvgIpc) is 2.53. The van der Waals surface area contributed by atoms with Crippen molar-refractivity contribution in [2.24, 2.45) is 4.99 Å². The van der Waals surface area contributed by atoms with E-state index in [0.717, 1.165) is 16.7 Å². The lowest BCUT2D eigenvalue weighted by molar-refractivity contribution is 0.317. The molecular weight excluding hydrogens is 274 g/mol. The highest BCUT2D eigenvalue weighted by atomic mass is 16.5. The van der Waals surface area contributed by atoms with Gasteiger partial charge in [-0.25, -0.2) is 0 Å². The highest BCUT2D eigenvalue weighted by Crippen LogP contribution is 2.32. The Kier molecular flexibility index (Phi) is 5.78. The number of hydrogen-bond acceptors (Lipinski definition) is 3. The van der Waals surface area contributed by atoms with Gasteiger partial charge in [-0.05, 0) is 36.6 Å². The molecule has 0 aliphatic heterocycles. The van der Waals surface area contributed by atoms with Crippen molar-refractivity contribution < 1.29 is 9.84 Å². The van der Waals surface area contributed by atoms with Crippen LogP contribution in [0.15, 0.2) is 60.1 Å². The van der Waals surface area contributed by atoms with Gasteiger partial charge in [-0.1, -0.05) is 36.4 Å². The fourth-order valence-corrected chi connectivity index (χ4v) is 2.18. The summed E-state index contributed by atoms with van der Waals surface area (Å²) in [6.07, 6.45) is 4.16. The van der Waals surface area contributed by atoms with Gasteiger partial charge < -0.3 is 9.84 Å². The van der Waals surface area contributed by atoms with Crippen molar-refractivity contribution in [1.82, 2.24) is 0 Å². The Hall–Kier alpha value is -2.55. The summed E-state index contributed by atoms with van der Waals surface area (Å²) in [5, 5.41) is 10.2. The molecule has 0 unspecified atom stereocenters. The van der Waals surface area contributed by atoms with Gasteiger partial charge >= 0.3 is 0 Å². The maximum Gasteiger partial charge on any atom is 0.161 e. The molecule has 0 saturated heterocycles. The van der Waals surface area contributed by atoms with Crippen LogP contribution >= 0.6 is 0 Å². The summed E-state index contributed by atoms with van der Waals surface area (Å²) in [6.45, 7) is 6.74. The summed E-state index contributed by atoms with van der Waals surface area (Å²) in [5.74, 6) is 0.671. The van der Waals surface area contributed by atoms with E-state index in [2.05, 4.69) is 11.6 Å². The number of ether oxygens (including phenoxy) is 1. The largest absolute Gasteiger partial charge is 0.504 e. The van der Waals surface area contributed by atoms with Gasteiger partial charge in [0.1, 0.15) is 0 Å². The van der Waals surface area contributed by atoms with Crippen molar-refractivity contribution in [2.45, 2.75) is 19.9 Å². The van der Waals surface area contributed by atoms with Crippen LogP contribution in [-0.4, -0.2) is 17.9 Å². The molecule has 114 valence electrons. The smallest absolute Gasteiger partial charge is 0.161 e. The highest BCUT2D eigenvalue weighted by Gasteiger charge is 2.09. The Labute approximate surface area is 131 Å². The Morgan fingerprint density at radius 2 is 2.00 bits per heavy atom. The lowest BCUT2D eigenvalue weighted by Crippen LogP contribution is -1.97. The molecule has 0 aromatic heterocycles. The van der Waals surface area contributed by atoms with Crippen molar-refractivity contribution in [1.29, 1.82) is 0 Å². The summed E-state index contributed by atoms with van der Waals surface area (Å²) >= 11 is 0. The van der Waals surface area contributed by atoms with Gasteiger partial charge in [-0.2, -0.15) is 0 Å². The van der Waals surface area contributed by atoms with Crippen molar-refractivity contribution >= 4 is 6.21 Å². The van der Waals surface area contributed by atoms with Crippen LogP contribution in [0.4, 0.5) is 0 Å². The van der Waals surface area contributed by atoms with E-state index in [-0.39, 0.29) is 5.75 Å². The molecule has 0 bridgehead atoms. The van der Waals surface area contributed by atoms with Crippen molar-refractivity contribution in [2.75, 3.05) is 6.61 Å². The third-order valence-corrected chi connectivity index (χ3v) is 3.20. The molecule has 0 aliphatic rings. The van der Waals surface area contributed by atoms with Crippen LogP contribution in [-0.2, 0) is 13.0 Å². The van der Waals surface area contributed by atoms with Crippen LogP contribution in [0.3, 0.4) is 0 Å². The molecule has 0 heterocycles. The molecule has 2 aromatic rings. The van der Waals surface area contributed by atoms with Crippen LogP contribution in [0.1, 0.15) is 23.6 Å². The fourth-order valence-electron chi connectivity index (χ4n) is 2.18. The summed E-state index contributed by atoms with van der Waals surface area (Å²) in [6, 6.07) is 13.8. The minimum Gasteiger partial charge on any atom is -0.504 e. The Morgan fingerprint density at radius 3 is 2.68 bits per heavy atom. The molecule has 1 N–H and O–H groups in total. The molecule has 0 amide bonds. The number of phenolic OH excluding ortho intramolecular Hbond substituents is 1. The fraction of sp³-hybridized carbons (Fsp3) is 0.211. The first-order chi connectivity index (χ1) is 10.7. The number of hydrogen-bond donors (Lipinski definition) is 1. The molecule has 2 rings (SSSR count). The summed E-state index contributed by atoms with van der Waals surface area (Å²) < 4.78 is 5.48. The quantitative estimate of drug-likeness (QED) is 0.616. The minimum atomic E-state index is 0.182. The molecule has 3 heteroatoms. The second-order valence-electron chi connectivity index (χ2n) is 4.91. The van der Waals surface area contributed by atoms with E-state index >= 15 is 0 Å². The molecule has 0 saturated carbocycles. The zero-order chi connectivity index (χ0) is 15.8. The molecule has 22 heavy (non-hydrogen) atoms. The average molecular weight is 295 g/mol. The van der Waals surface area contributed by atoms with Gasteiger partial charge in [-0.3, -0.25) is 4.99 Å². The molecule has 0 radical (unpaired) electrons. The first-order valence-corrected chi connectivity index (χ1v) is 7.38. The number of benzene rings is 2. The predicted molar refractivity (Wildman–Crippen MR) is 90.9 cm³/mol. The molecule has 0 aliphatic carbocycles. The summed E-state index contributed by atoms with van der Waals surface area (Å²) in [4.78, 5) is 4.46. The topological polar surface area (TPSA) is 41.8 Å². The molecule has 0 fully saturated rings. The third-order valence-electron chi connectivity index (χ3n) is 3.20. The summed E-state index contributed by atoms with van der Waals surface area (Å²) in [7, 11) is 0. The van der Waals surface area contributed by atoms with E-state index in [1.165, 1.54) is 0 Å². The summed E-state index contributed by atoms with van der Waals surface area (Å²) in [5.41, 5.74) is 2.87. The van der Waals surface area contributed by atoms with Gasteiger partial charge in [0, 0.05) is 11.8 Å². The minimum absolute atomic E-state index is 0.182. The Morgan fingerprint density at radius 1 is 1.23 bits per heavy atom. The van der Waals surface area contributed by atoms with Crippen LogP contribution in [0.2, 0.25) is 0 Å². The predicted octanol–water partition coefficient (Wildman–Crippen LogP) is 4.14. The second kappa shape index (κ2) is 8.03. The van der Waals surface area contributed by atoms with Crippen LogP contribution in [0, 0.1) is 0 Å². The molecule has 2 aromatic carbocycles. The molecule has 3 nitrogen and oxygen atoms in total. The van der Waals surface area contributed by atoms with Crippen molar-refractivity contribution in [3.63, 3.8) is 0 Å². The zero-order valence-corrected chi connectivity index (χ0v) is 12.8. The van der Waals surface area contributed by atoms with Gasteiger partial charge in [0.2, 0.25) is 0 Å². The van der Waals surface area contributed by atoms with Crippen LogP contribution in [0.5, 0.6) is 11.5 Å². The Bertz CT molecular complexity index is 648. The second-order valence-corrected chi connectivity index (χ2v) is 4.91. The standard InChI is InChI=1S/C19H21NO2/c1-3-8-17-11-16(12-18(19(17)21)22-4-2)14-20-13-15-9-6-5-7-10-15/h3,5-7,9-12,14,21H,1,4,8,13H2,2H3. The number of allylic oxidation sites excluding steroid dienone is 1. The monoisotopic (exact) mass is 295 g/mol. The van der Waals surface area contributed by atoms with Gasteiger partial charge in [0.25, 0.3) is 0 Å². The van der Waals surface area contributed by atoms with Gasteiger partial charge in [-0.15, -0.1) is 6.58 Å². The number of aliphatic imine (C=N–C) groups is 1. The van der Waals surface area contributed by atoms with Crippen LogP contribution < -0.4 is 4.74 Å². The third kappa shape index (κ3) is 4.22. The van der Waals surface area contributed by atoms with Crippen LogP contribution in [0.25, 0.3) is 0 Å². The number of aromatic hydroxyl groups is 1. The number of nitrogens with zero attached hydrogens (tertiary/aromatic N) is 1. The van der Waals surface area contributed by atoms with E-state index in [9.17, 15) is 5.11 Å². The molecule has 0 spiro atoms. The van der Waals surface area contributed by atoms with Crippen molar-refractivity contribution in [3.8, 4) is 11.5 Å². The maximum absolute atomic E-state index is 10.2. The van der Waals surface area contributed by atoms with E-state index in [4.69, 9.17) is 4.74 Å². The maximum atomic E-state index is 10.2. The SMILES string of the molecule is C=CCc1cc(C=NCc2ccccc2)cc(OCC)c1O. The molecule has 0 atom stereocenters.